The van der Waals surface area contributed by atoms with E-state index in [1.807, 2.05) is 6.92 Å². The van der Waals surface area contributed by atoms with Crippen molar-refractivity contribution in [3.05, 3.63) is 33.9 Å². The SMILES string of the molecule is CNc1cc(C(=O)Nc2ncc(C)s2)c(Cl)cn1. The lowest BCUT2D eigenvalue weighted by atomic mass is 10.2. The molecule has 0 saturated heterocycles. The molecule has 0 aliphatic heterocycles. The van der Waals surface area contributed by atoms with Crippen molar-refractivity contribution < 1.29 is 4.79 Å². The molecule has 94 valence electrons. The van der Waals surface area contributed by atoms with Gasteiger partial charge in [-0.25, -0.2) is 9.97 Å². The molecule has 0 spiro atoms. The van der Waals surface area contributed by atoms with Crippen LogP contribution in [0.3, 0.4) is 0 Å². The minimum Gasteiger partial charge on any atom is -0.373 e. The highest BCUT2D eigenvalue weighted by molar-refractivity contribution is 7.15. The number of nitrogens with zero attached hydrogens (tertiary/aromatic N) is 2. The zero-order valence-electron chi connectivity index (χ0n) is 9.82. The van der Waals surface area contributed by atoms with E-state index in [0.717, 1.165) is 4.88 Å². The number of hydrogen-bond donors (Lipinski definition) is 2. The van der Waals surface area contributed by atoms with Crippen molar-refractivity contribution in [2.75, 3.05) is 17.7 Å². The molecule has 0 unspecified atom stereocenters. The van der Waals surface area contributed by atoms with Gasteiger partial charge in [0.15, 0.2) is 5.13 Å². The minimum absolute atomic E-state index is 0.298. The number of carbonyl (C=O) groups excluding carboxylic acids is 1. The van der Waals surface area contributed by atoms with Crippen LogP contribution in [-0.2, 0) is 0 Å². The first-order valence-corrected chi connectivity index (χ1v) is 6.36. The summed E-state index contributed by atoms with van der Waals surface area (Å²) in [6, 6.07) is 1.60. The van der Waals surface area contributed by atoms with Gasteiger partial charge in [-0.2, -0.15) is 0 Å². The number of aryl methyl sites for hydroxylation is 1. The first-order chi connectivity index (χ1) is 8.60. The van der Waals surface area contributed by atoms with Gasteiger partial charge in [-0.1, -0.05) is 11.6 Å². The highest BCUT2D eigenvalue weighted by Gasteiger charge is 2.13. The van der Waals surface area contributed by atoms with Crippen LogP contribution < -0.4 is 10.6 Å². The van der Waals surface area contributed by atoms with Gasteiger partial charge in [0.2, 0.25) is 0 Å². The smallest absolute Gasteiger partial charge is 0.259 e. The van der Waals surface area contributed by atoms with Crippen molar-refractivity contribution in [2.24, 2.45) is 0 Å². The summed E-state index contributed by atoms with van der Waals surface area (Å²) in [7, 11) is 1.72. The molecular weight excluding hydrogens is 272 g/mol. The Hall–Kier alpha value is -1.66. The van der Waals surface area contributed by atoms with Gasteiger partial charge < -0.3 is 5.32 Å². The van der Waals surface area contributed by atoms with E-state index in [1.165, 1.54) is 17.5 Å². The van der Waals surface area contributed by atoms with E-state index in [-0.39, 0.29) is 5.91 Å². The van der Waals surface area contributed by atoms with Gasteiger partial charge in [0.05, 0.1) is 10.6 Å². The number of carbonyl (C=O) groups is 1. The maximum atomic E-state index is 12.0. The largest absolute Gasteiger partial charge is 0.373 e. The predicted molar refractivity (Wildman–Crippen MR) is 73.6 cm³/mol. The third-order valence-corrected chi connectivity index (χ3v) is 3.33. The number of halogens is 1. The Morgan fingerprint density at radius 2 is 2.17 bits per heavy atom. The summed E-state index contributed by atoms with van der Waals surface area (Å²) in [5.41, 5.74) is 0.365. The zero-order valence-corrected chi connectivity index (χ0v) is 11.4. The molecule has 0 atom stereocenters. The molecule has 1 amide bonds. The first-order valence-electron chi connectivity index (χ1n) is 5.17. The highest BCUT2D eigenvalue weighted by atomic mass is 35.5. The van der Waals surface area contributed by atoms with Crippen molar-refractivity contribution in [2.45, 2.75) is 6.92 Å². The Morgan fingerprint density at radius 1 is 1.39 bits per heavy atom. The molecule has 0 aliphatic rings. The molecule has 0 fully saturated rings. The fourth-order valence-corrected chi connectivity index (χ4v) is 2.18. The molecule has 2 aromatic rings. The lowest BCUT2D eigenvalue weighted by molar-refractivity contribution is 0.102. The van der Waals surface area contributed by atoms with Crippen LogP contribution in [0.2, 0.25) is 5.02 Å². The topological polar surface area (TPSA) is 66.9 Å². The highest BCUT2D eigenvalue weighted by Crippen LogP contribution is 2.21. The second-order valence-corrected chi connectivity index (χ2v) is 5.17. The van der Waals surface area contributed by atoms with Gasteiger partial charge >= 0.3 is 0 Å². The Kier molecular flexibility index (Phi) is 3.78. The summed E-state index contributed by atoms with van der Waals surface area (Å²) in [4.78, 5) is 21.1. The van der Waals surface area contributed by atoms with Gasteiger partial charge in [0.25, 0.3) is 5.91 Å². The summed E-state index contributed by atoms with van der Waals surface area (Å²) in [5.74, 6) is 0.285. The van der Waals surface area contributed by atoms with E-state index in [4.69, 9.17) is 11.6 Å². The van der Waals surface area contributed by atoms with Crippen LogP contribution >= 0.6 is 22.9 Å². The van der Waals surface area contributed by atoms with E-state index in [1.54, 1.807) is 19.3 Å². The number of rotatable bonds is 3. The van der Waals surface area contributed by atoms with Crippen LogP contribution in [0.1, 0.15) is 15.2 Å². The molecule has 0 bridgehead atoms. The zero-order chi connectivity index (χ0) is 13.1. The minimum atomic E-state index is -0.298. The second-order valence-electron chi connectivity index (χ2n) is 3.53. The van der Waals surface area contributed by atoms with Crippen molar-refractivity contribution in [1.82, 2.24) is 9.97 Å². The molecule has 18 heavy (non-hydrogen) atoms. The molecule has 0 aliphatic carbocycles. The molecule has 2 aromatic heterocycles. The number of anilines is 2. The fraction of sp³-hybridized carbons (Fsp3) is 0.182. The Bertz CT molecular complexity index is 584. The number of nitrogens with one attached hydrogen (secondary N) is 2. The first kappa shape index (κ1) is 12.8. The van der Waals surface area contributed by atoms with E-state index < -0.39 is 0 Å². The predicted octanol–water partition coefficient (Wildman–Crippen LogP) is 2.79. The molecular formula is C11H11ClN4OS. The number of hydrogen-bond acceptors (Lipinski definition) is 5. The second kappa shape index (κ2) is 5.32. The lowest BCUT2D eigenvalue weighted by Crippen LogP contribution is -2.13. The Morgan fingerprint density at radius 3 is 2.78 bits per heavy atom. The normalized spacial score (nSPS) is 10.2. The standard InChI is InChI=1S/C11H11ClN4OS/c1-6-4-15-11(18-6)16-10(17)7-3-9(13-2)14-5-8(7)12/h3-5H,1-2H3,(H,13,14)(H,15,16,17). The number of amides is 1. The number of thiazole rings is 1. The monoisotopic (exact) mass is 282 g/mol. The van der Waals surface area contributed by atoms with Crippen LogP contribution in [0, 0.1) is 6.92 Å². The van der Waals surface area contributed by atoms with Crippen molar-refractivity contribution in [3.63, 3.8) is 0 Å². The van der Waals surface area contributed by atoms with Crippen molar-refractivity contribution >= 4 is 39.8 Å². The summed E-state index contributed by atoms with van der Waals surface area (Å²) in [5, 5.41) is 6.41. The molecule has 0 radical (unpaired) electrons. The Labute approximate surface area is 113 Å². The fourth-order valence-electron chi connectivity index (χ4n) is 1.33. The van der Waals surface area contributed by atoms with Gasteiger partial charge in [-0.05, 0) is 13.0 Å². The molecule has 2 N–H and O–H groups in total. The van der Waals surface area contributed by atoms with Crippen molar-refractivity contribution in [3.8, 4) is 0 Å². The molecule has 7 heteroatoms. The third-order valence-electron chi connectivity index (χ3n) is 2.20. The molecule has 0 saturated carbocycles. The molecule has 5 nitrogen and oxygen atoms in total. The van der Waals surface area contributed by atoms with Crippen LogP contribution in [0.25, 0.3) is 0 Å². The van der Waals surface area contributed by atoms with Gasteiger partial charge in [-0.3, -0.25) is 10.1 Å². The summed E-state index contributed by atoms with van der Waals surface area (Å²) < 4.78 is 0. The van der Waals surface area contributed by atoms with Gasteiger partial charge in [0.1, 0.15) is 5.82 Å². The maximum absolute atomic E-state index is 12.0. The van der Waals surface area contributed by atoms with Gasteiger partial charge in [-0.15, -0.1) is 11.3 Å². The summed E-state index contributed by atoms with van der Waals surface area (Å²) >= 11 is 7.36. The van der Waals surface area contributed by atoms with Crippen LogP contribution in [0.4, 0.5) is 10.9 Å². The van der Waals surface area contributed by atoms with Crippen molar-refractivity contribution in [1.29, 1.82) is 0 Å². The van der Waals surface area contributed by atoms with Crippen LogP contribution in [0.5, 0.6) is 0 Å². The van der Waals surface area contributed by atoms with E-state index in [2.05, 4.69) is 20.6 Å². The Balaban J connectivity index is 2.23. The average Bonchev–Trinajstić information content (AvgIpc) is 2.75. The maximum Gasteiger partial charge on any atom is 0.259 e. The quantitative estimate of drug-likeness (QED) is 0.908. The molecule has 2 rings (SSSR count). The van der Waals surface area contributed by atoms with E-state index in [0.29, 0.717) is 21.5 Å². The summed E-state index contributed by atoms with van der Waals surface area (Å²) in [6.07, 6.45) is 3.14. The van der Waals surface area contributed by atoms with E-state index in [9.17, 15) is 4.79 Å². The van der Waals surface area contributed by atoms with Crippen LogP contribution in [-0.4, -0.2) is 22.9 Å². The molecule has 2 heterocycles. The third kappa shape index (κ3) is 2.77. The average molecular weight is 283 g/mol. The van der Waals surface area contributed by atoms with Gasteiger partial charge in [0, 0.05) is 24.3 Å². The number of aromatic nitrogens is 2. The van der Waals surface area contributed by atoms with Crippen LogP contribution in [0.15, 0.2) is 18.5 Å². The molecule has 0 aromatic carbocycles. The summed E-state index contributed by atoms with van der Waals surface area (Å²) in [6.45, 7) is 1.92. The van der Waals surface area contributed by atoms with E-state index >= 15 is 0 Å². The number of pyridine rings is 1. The lowest BCUT2D eigenvalue weighted by Gasteiger charge is -2.06.